The van der Waals surface area contributed by atoms with Crippen molar-refractivity contribution < 1.29 is 18.0 Å². The molecule has 3 aromatic rings. The van der Waals surface area contributed by atoms with Gasteiger partial charge in [0.15, 0.2) is 9.84 Å². The van der Waals surface area contributed by atoms with E-state index in [1.165, 1.54) is 9.80 Å². The largest absolute Gasteiger partial charge is 0.304 e. The molecule has 0 N–H and O–H groups in total. The average Bonchev–Trinajstić information content (AvgIpc) is 3.12. The molecule has 2 heterocycles. The molecule has 2 aliphatic rings. The summed E-state index contributed by atoms with van der Waals surface area (Å²) in [7, 11) is -4.19. The lowest BCUT2D eigenvalue weighted by Crippen LogP contribution is -2.54. The predicted molar refractivity (Wildman–Crippen MR) is 128 cm³/mol. The number of carbonyl (C=O) groups is 2. The number of sulfone groups is 1. The Balaban J connectivity index is 1.74. The second-order valence-corrected chi connectivity index (χ2v) is 11.1. The Kier molecular flexibility index (Phi) is 4.88. The topological polar surface area (TPSA) is 74.8 Å². The molecule has 0 aliphatic carbocycles. The second kappa shape index (κ2) is 7.43. The molecular formula is C25H21ClN2O4S. The van der Waals surface area contributed by atoms with Crippen molar-refractivity contribution in [3.05, 3.63) is 94.0 Å². The molecule has 0 bridgehead atoms. The molecular weight excluding hydrogens is 460 g/mol. The fraction of sp³-hybridized carbons (Fsp3) is 0.200. The van der Waals surface area contributed by atoms with Crippen LogP contribution in [0.2, 0.25) is 5.02 Å². The Morgan fingerprint density at radius 2 is 1.58 bits per heavy atom. The quantitative estimate of drug-likeness (QED) is 0.565. The van der Waals surface area contributed by atoms with Gasteiger partial charge in [0.2, 0.25) is 5.91 Å². The zero-order valence-corrected chi connectivity index (χ0v) is 19.7. The third kappa shape index (κ3) is 3.10. The van der Waals surface area contributed by atoms with Crippen LogP contribution in [0, 0.1) is 13.8 Å². The van der Waals surface area contributed by atoms with Gasteiger partial charge in [0.25, 0.3) is 10.8 Å². The van der Waals surface area contributed by atoms with E-state index in [0.29, 0.717) is 22.0 Å². The number of carbonyl (C=O) groups excluding carboxylic acids is 2. The van der Waals surface area contributed by atoms with Crippen molar-refractivity contribution >= 4 is 44.6 Å². The molecule has 8 heteroatoms. The monoisotopic (exact) mass is 480 g/mol. The molecule has 3 aromatic carbocycles. The van der Waals surface area contributed by atoms with Crippen LogP contribution < -0.4 is 9.80 Å². The highest BCUT2D eigenvalue weighted by Gasteiger charge is 2.69. The van der Waals surface area contributed by atoms with Crippen LogP contribution in [-0.2, 0) is 30.8 Å². The molecule has 1 spiro atoms. The number of anilines is 2. The van der Waals surface area contributed by atoms with Crippen LogP contribution in [-0.4, -0.2) is 26.0 Å². The van der Waals surface area contributed by atoms with Crippen LogP contribution in [0.15, 0.2) is 66.7 Å². The Morgan fingerprint density at radius 3 is 2.24 bits per heavy atom. The molecule has 2 amide bonds. The van der Waals surface area contributed by atoms with Gasteiger partial charge in [0.1, 0.15) is 5.75 Å². The molecule has 1 fully saturated rings. The Labute approximate surface area is 197 Å². The molecule has 1 atom stereocenters. The van der Waals surface area contributed by atoms with Gasteiger partial charge >= 0.3 is 0 Å². The maximum atomic E-state index is 14.1. The van der Waals surface area contributed by atoms with Crippen LogP contribution in [0.4, 0.5) is 11.4 Å². The van der Waals surface area contributed by atoms with E-state index in [1.54, 1.807) is 60.7 Å². The summed E-state index contributed by atoms with van der Waals surface area (Å²) in [6.45, 7) is 3.89. The number of fused-ring (bicyclic) bond motifs is 2. The van der Waals surface area contributed by atoms with Crippen molar-refractivity contribution in [3.8, 4) is 0 Å². The van der Waals surface area contributed by atoms with Gasteiger partial charge in [-0.1, -0.05) is 48.0 Å². The highest BCUT2D eigenvalue weighted by Crippen LogP contribution is 2.52. The van der Waals surface area contributed by atoms with Crippen molar-refractivity contribution in [2.45, 2.75) is 25.3 Å². The number of amides is 2. The minimum Gasteiger partial charge on any atom is -0.304 e. The molecule has 168 valence electrons. The molecule has 33 heavy (non-hydrogen) atoms. The first-order valence-corrected chi connectivity index (χ1v) is 12.5. The van der Waals surface area contributed by atoms with Crippen molar-refractivity contribution in [2.75, 3.05) is 15.6 Å². The zero-order chi connectivity index (χ0) is 23.5. The molecule has 2 aliphatic heterocycles. The van der Waals surface area contributed by atoms with Crippen LogP contribution in [0.1, 0.15) is 22.3 Å². The molecule has 0 saturated carbocycles. The number of nitrogens with zero attached hydrogens (tertiary/aromatic N) is 2. The summed E-state index contributed by atoms with van der Waals surface area (Å²) in [6, 6.07) is 19.2. The predicted octanol–water partition coefficient (Wildman–Crippen LogP) is 4.12. The van der Waals surface area contributed by atoms with Crippen molar-refractivity contribution in [2.24, 2.45) is 0 Å². The van der Waals surface area contributed by atoms with Crippen LogP contribution in [0.3, 0.4) is 0 Å². The lowest BCUT2D eigenvalue weighted by Gasteiger charge is -2.33. The summed E-state index contributed by atoms with van der Waals surface area (Å²) in [5, 5.41) is 0.563. The minimum absolute atomic E-state index is 0.152. The Hall–Kier alpha value is -3.16. The fourth-order valence-corrected chi connectivity index (χ4v) is 7.06. The van der Waals surface area contributed by atoms with E-state index in [-0.39, 0.29) is 6.54 Å². The molecule has 0 radical (unpaired) electrons. The molecule has 0 aromatic heterocycles. The smallest absolute Gasteiger partial charge is 0.274 e. The van der Waals surface area contributed by atoms with E-state index >= 15 is 0 Å². The highest BCUT2D eigenvalue weighted by atomic mass is 35.5. The van der Waals surface area contributed by atoms with Gasteiger partial charge in [0.05, 0.1) is 12.2 Å². The van der Waals surface area contributed by atoms with E-state index in [2.05, 4.69) is 0 Å². The minimum atomic E-state index is -4.19. The Morgan fingerprint density at radius 1 is 0.939 bits per heavy atom. The van der Waals surface area contributed by atoms with E-state index in [0.717, 1.165) is 16.7 Å². The van der Waals surface area contributed by atoms with Gasteiger partial charge in [0, 0.05) is 16.3 Å². The number of hydrogen-bond acceptors (Lipinski definition) is 4. The summed E-state index contributed by atoms with van der Waals surface area (Å²) < 4.78 is 27.3. The van der Waals surface area contributed by atoms with Crippen molar-refractivity contribution in [1.82, 2.24) is 0 Å². The third-order valence-electron chi connectivity index (χ3n) is 6.14. The Bertz CT molecular complexity index is 1400. The molecule has 1 unspecified atom stereocenters. The zero-order valence-electron chi connectivity index (χ0n) is 18.1. The first-order chi connectivity index (χ1) is 15.6. The lowest BCUT2D eigenvalue weighted by molar-refractivity contribution is -0.123. The van der Waals surface area contributed by atoms with E-state index in [1.807, 2.05) is 19.9 Å². The molecule has 5 rings (SSSR count). The summed E-state index contributed by atoms with van der Waals surface area (Å²) in [4.78, 5) is 27.8. The maximum absolute atomic E-state index is 14.1. The van der Waals surface area contributed by atoms with Crippen LogP contribution in [0.25, 0.3) is 0 Å². The summed E-state index contributed by atoms with van der Waals surface area (Å²) >= 11 is 6.00. The van der Waals surface area contributed by atoms with E-state index < -0.39 is 32.3 Å². The van der Waals surface area contributed by atoms with Crippen molar-refractivity contribution in [3.63, 3.8) is 0 Å². The maximum Gasteiger partial charge on any atom is 0.274 e. The van der Waals surface area contributed by atoms with Crippen LogP contribution in [0.5, 0.6) is 0 Å². The SMILES string of the molecule is Cc1cc(C)cc(N2C(=O)CS(=O)(=O)C23C(=O)N(Cc2ccc(Cl)cc2)c2ccccc23)c1. The summed E-state index contributed by atoms with van der Waals surface area (Å²) in [5.74, 6) is -1.99. The van der Waals surface area contributed by atoms with Gasteiger partial charge in [-0.25, -0.2) is 8.42 Å². The first-order valence-electron chi connectivity index (χ1n) is 10.4. The number of halogens is 1. The highest BCUT2D eigenvalue weighted by molar-refractivity contribution is 7.94. The van der Waals surface area contributed by atoms with E-state index in [9.17, 15) is 18.0 Å². The number of hydrogen-bond donors (Lipinski definition) is 0. The van der Waals surface area contributed by atoms with Gasteiger partial charge in [-0.05, 0) is 60.9 Å². The van der Waals surface area contributed by atoms with Crippen molar-refractivity contribution in [1.29, 1.82) is 0 Å². The number of para-hydroxylation sites is 1. The molecule has 6 nitrogen and oxygen atoms in total. The summed E-state index contributed by atoms with van der Waals surface area (Å²) in [5.41, 5.74) is 3.71. The third-order valence-corrected chi connectivity index (χ3v) is 8.50. The second-order valence-electron chi connectivity index (χ2n) is 8.51. The number of aryl methyl sites for hydroxylation is 2. The number of benzene rings is 3. The van der Waals surface area contributed by atoms with Gasteiger partial charge in [-0.3, -0.25) is 14.5 Å². The first kappa shape index (κ1) is 21.7. The summed E-state index contributed by atoms with van der Waals surface area (Å²) in [6.07, 6.45) is 0. The molecule has 1 saturated heterocycles. The number of rotatable bonds is 3. The standard InChI is InChI=1S/C25H21ClN2O4S/c1-16-11-17(2)13-20(12-16)28-23(29)15-33(31,32)25(28)21-5-3-4-6-22(21)27(24(25)30)14-18-7-9-19(26)10-8-18/h3-13H,14-15H2,1-2H3. The van der Waals surface area contributed by atoms with Gasteiger partial charge in [-0.15, -0.1) is 0 Å². The van der Waals surface area contributed by atoms with Gasteiger partial charge < -0.3 is 4.90 Å². The lowest BCUT2D eigenvalue weighted by atomic mass is 10.0. The average molecular weight is 481 g/mol. The van der Waals surface area contributed by atoms with E-state index in [4.69, 9.17) is 11.6 Å². The normalized spacial score (nSPS) is 21.2. The fourth-order valence-electron chi connectivity index (χ4n) is 4.90. The van der Waals surface area contributed by atoms with Crippen LogP contribution >= 0.6 is 11.6 Å². The van der Waals surface area contributed by atoms with Gasteiger partial charge in [-0.2, -0.15) is 0 Å².